The minimum atomic E-state index is -3.23. The lowest BCUT2D eigenvalue weighted by Gasteiger charge is -2.27. The smallest absolute Gasteiger partial charge is 0.175 e. The summed E-state index contributed by atoms with van der Waals surface area (Å²) in [7, 11) is -3.23. The van der Waals surface area contributed by atoms with E-state index in [0.717, 1.165) is 5.56 Å². The van der Waals surface area contributed by atoms with Gasteiger partial charge in [0.2, 0.25) is 0 Å². The molecule has 0 aromatic heterocycles. The van der Waals surface area contributed by atoms with Crippen molar-refractivity contribution in [3.63, 3.8) is 0 Å². The van der Waals surface area contributed by atoms with Gasteiger partial charge < -0.3 is 10.4 Å². The van der Waals surface area contributed by atoms with Crippen molar-refractivity contribution in [1.82, 2.24) is 5.32 Å². The van der Waals surface area contributed by atoms with Crippen LogP contribution in [0.3, 0.4) is 0 Å². The quantitative estimate of drug-likeness (QED) is 0.843. The zero-order chi connectivity index (χ0) is 18.0. The molecule has 2 rings (SSSR count). The Morgan fingerprint density at radius 2 is 1.62 bits per heavy atom. The Balaban J connectivity index is 2.06. The summed E-state index contributed by atoms with van der Waals surface area (Å²) in [6.45, 7) is 6.18. The third-order valence-corrected chi connectivity index (χ3v) is 5.36. The second-order valence-electron chi connectivity index (χ2n) is 6.58. The molecule has 5 heteroatoms. The molecule has 0 aliphatic carbocycles. The zero-order valence-corrected chi connectivity index (χ0v) is 15.4. The molecule has 130 valence electrons. The summed E-state index contributed by atoms with van der Waals surface area (Å²) >= 11 is 0. The Hall–Kier alpha value is -1.69. The van der Waals surface area contributed by atoms with Crippen molar-refractivity contribution in [3.8, 4) is 0 Å². The third-order valence-electron chi connectivity index (χ3n) is 4.23. The molecule has 2 atom stereocenters. The summed E-state index contributed by atoms with van der Waals surface area (Å²) in [6, 6.07) is 14.8. The number of hydrogen-bond donors (Lipinski definition) is 2. The molecular weight excluding hydrogens is 322 g/mol. The van der Waals surface area contributed by atoms with Crippen LogP contribution in [0.5, 0.6) is 0 Å². The van der Waals surface area contributed by atoms with Crippen LogP contribution in [0.2, 0.25) is 0 Å². The van der Waals surface area contributed by atoms with Gasteiger partial charge in [0.1, 0.15) is 0 Å². The van der Waals surface area contributed by atoms with Gasteiger partial charge in [0, 0.05) is 18.8 Å². The minimum Gasteiger partial charge on any atom is -0.384 e. The second kappa shape index (κ2) is 7.05. The molecule has 2 N–H and O–H groups in total. The topological polar surface area (TPSA) is 66.4 Å². The SMILES string of the molecule is Cc1ccc([C@H](C)NC[C@@](C)(O)c2ccc(S(C)(=O)=O)cc2)cc1. The van der Waals surface area contributed by atoms with E-state index in [-0.39, 0.29) is 10.9 Å². The number of aliphatic hydroxyl groups is 1. The molecule has 0 spiro atoms. The van der Waals surface area contributed by atoms with Crippen molar-refractivity contribution in [3.05, 3.63) is 65.2 Å². The predicted octanol–water partition coefficient (Wildman–Crippen LogP) is 2.96. The van der Waals surface area contributed by atoms with E-state index in [1.807, 2.05) is 13.8 Å². The van der Waals surface area contributed by atoms with Crippen molar-refractivity contribution in [2.75, 3.05) is 12.8 Å². The first kappa shape index (κ1) is 18.6. The lowest BCUT2D eigenvalue weighted by molar-refractivity contribution is 0.0543. The number of rotatable bonds is 6. The number of hydrogen-bond acceptors (Lipinski definition) is 4. The van der Waals surface area contributed by atoms with Crippen molar-refractivity contribution < 1.29 is 13.5 Å². The molecule has 0 saturated heterocycles. The van der Waals surface area contributed by atoms with Crippen LogP contribution >= 0.6 is 0 Å². The number of benzene rings is 2. The summed E-state index contributed by atoms with van der Waals surface area (Å²) < 4.78 is 23.0. The first-order valence-electron chi connectivity index (χ1n) is 7.92. The Morgan fingerprint density at radius 3 is 2.12 bits per heavy atom. The summed E-state index contributed by atoms with van der Waals surface area (Å²) in [5.74, 6) is 0. The molecule has 0 bridgehead atoms. The molecule has 0 fully saturated rings. The van der Waals surface area contributed by atoms with Gasteiger partial charge in [-0.25, -0.2) is 8.42 Å². The fourth-order valence-corrected chi connectivity index (χ4v) is 3.12. The van der Waals surface area contributed by atoms with Crippen LogP contribution in [-0.4, -0.2) is 26.3 Å². The maximum absolute atomic E-state index is 11.5. The van der Waals surface area contributed by atoms with Crippen LogP contribution < -0.4 is 5.32 Å². The fraction of sp³-hybridized carbons (Fsp3) is 0.368. The molecular formula is C19H25NO3S. The molecule has 2 aromatic carbocycles. The monoisotopic (exact) mass is 347 g/mol. The van der Waals surface area contributed by atoms with E-state index in [0.29, 0.717) is 12.1 Å². The molecule has 0 unspecified atom stereocenters. The average molecular weight is 347 g/mol. The highest BCUT2D eigenvalue weighted by Gasteiger charge is 2.24. The van der Waals surface area contributed by atoms with Crippen LogP contribution in [0.15, 0.2) is 53.4 Å². The molecule has 0 saturated carbocycles. The lowest BCUT2D eigenvalue weighted by Crippen LogP contribution is -2.36. The summed E-state index contributed by atoms with van der Waals surface area (Å²) in [6.07, 6.45) is 1.17. The molecule has 4 nitrogen and oxygen atoms in total. The van der Waals surface area contributed by atoms with Gasteiger partial charge in [-0.1, -0.05) is 42.0 Å². The molecule has 0 radical (unpaired) electrons. The minimum absolute atomic E-state index is 0.104. The second-order valence-corrected chi connectivity index (χ2v) is 8.60. The molecule has 0 aliphatic rings. The standard InChI is InChI=1S/C19H25NO3S/c1-14-5-7-16(8-6-14)15(2)20-13-19(3,21)17-9-11-18(12-10-17)24(4,22)23/h5-12,15,20-21H,13H2,1-4H3/t15-,19+/m0/s1. The normalized spacial score (nSPS) is 15.7. The molecule has 0 amide bonds. The van der Waals surface area contributed by atoms with E-state index in [4.69, 9.17) is 0 Å². The maximum Gasteiger partial charge on any atom is 0.175 e. The van der Waals surface area contributed by atoms with Gasteiger partial charge in [-0.2, -0.15) is 0 Å². The van der Waals surface area contributed by atoms with Gasteiger partial charge in [-0.3, -0.25) is 0 Å². The van der Waals surface area contributed by atoms with Gasteiger partial charge >= 0.3 is 0 Å². The van der Waals surface area contributed by atoms with Gasteiger partial charge in [-0.05, 0) is 44.0 Å². The van der Waals surface area contributed by atoms with E-state index in [1.54, 1.807) is 19.1 Å². The molecule has 0 aliphatic heterocycles. The first-order valence-corrected chi connectivity index (χ1v) is 9.82. The third kappa shape index (κ3) is 4.66. The van der Waals surface area contributed by atoms with Gasteiger partial charge in [-0.15, -0.1) is 0 Å². The van der Waals surface area contributed by atoms with E-state index >= 15 is 0 Å². The molecule has 2 aromatic rings. The van der Waals surface area contributed by atoms with Crippen molar-refractivity contribution in [2.45, 2.75) is 37.3 Å². The van der Waals surface area contributed by atoms with Gasteiger partial charge in [0.25, 0.3) is 0 Å². The summed E-state index contributed by atoms with van der Waals surface area (Å²) in [5, 5.41) is 14.0. The van der Waals surface area contributed by atoms with Gasteiger partial charge in [0.15, 0.2) is 9.84 Å². The largest absolute Gasteiger partial charge is 0.384 e. The van der Waals surface area contributed by atoms with Crippen molar-refractivity contribution >= 4 is 9.84 Å². The van der Waals surface area contributed by atoms with Gasteiger partial charge in [0.05, 0.1) is 10.5 Å². The van der Waals surface area contributed by atoms with Crippen LogP contribution in [0.1, 0.15) is 36.6 Å². The number of aryl methyl sites for hydroxylation is 1. The molecule has 0 heterocycles. The molecule has 24 heavy (non-hydrogen) atoms. The van der Waals surface area contributed by atoms with E-state index < -0.39 is 15.4 Å². The zero-order valence-electron chi connectivity index (χ0n) is 14.6. The Morgan fingerprint density at radius 1 is 1.08 bits per heavy atom. The Bertz CT molecular complexity index is 778. The van der Waals surface area contributed by atoms with Crippen LogP contribution in [0.25, 0.3) is 0 Å². The Labute approximate surface area is 144 Å². The van der Waals surface area contributed by atoms with E-state index in [9.17, 15) is 13.5 Å². The maximum atomic E-state index is 11.5. The summed E-state index contributed by atoms with van der Waals surface area (Å²) in [5.41, 5.74) is 1.96. The Kier molecular flexibility index (Phi) is 5.48. The van der Waals surface area contributed by atoms with Crippen LogP contribution in [0.4, 0.5) is 0 Å². The van der Waals surface area contributed by atoms with Crippen LogP contribution in [-0.2, 0) is 15.4 Å². The van der Waals surface area contributed by atoms with Crippen LogP contribution in [0, 0.1) is 6.92 Å². The van der Waals surface area contributed by atoms with E-state index in [1.165, 1.54) is 24.0 Å². The van der Waals surface area contributed by atoms with Crippen molar-refractivity contribution in [2.24, 2.45) is 0 Å². The highest BCUT2D eigenvalue weighted by Crippen LogP contribution is 2.23. The lowest BCUT2D eigenvalue weighted by atomic mass is 9.95. The first-order chi connectivity index (χ1) is 11.1. The summed E-state index contributed by atoms with van der Waals surface area (Å²) in [4.78, 5) is 0.253. The van der Waals surface area contributed by atoms with Crippen molar-refractivity contribution in [1.29, 1.82) is 0 Å². The highest BCUT2D eigenvalue weighted by molar-refractivity contribution is 7.90. The predicted molar refractivity (Wildman–Crippen MR) is 96.7 cm³/mol. The number of sulfone groups is 1. The fourth-order valence-electron chi connectivity index (χ4n) is 2.49. The number of nitrogens with one attached hydrogen (secondary N) is 1. The highest BCUT2D eigenvalue weighted by atomic mass is 32.2. The average Bonchev–Trinajstić information content (AvgIpc) is 2.53. The van der Waals surface area contributed by atoms with E-state index in [2.05, 4.69) is 29.6 Å².